The van der Waals surface area contributed by atoms with Crippen LogP contribution in [-0.4, -0.2) is 24.8 Å². The highest BCUT2D eigenvalue weighted by atomic mass is 32.1. The summed E-state index contributed by atoms with van der Waals surface area (Å²) in [5, 5.41) is 4.15. The van der Waals surface area contributed by atoms with Crippen LogP contribution in [-0.2, 0) is 12.8 Å². The Morgan fingerprint density at radius 3 is 2.79 bits per heavy atom. The van der Waals surface area contributed by atoms with Crippen LogP contribution in [0.2, 0.25) is 0 Å². The van der Waals surface area contributed by atoms with Gasteiger partial charge in [0, 0.05) is 22.7 Å². The quantitative estimate of drug-likeness (QED) is 0.608. The molecule has 1 aromatic carbocycles. The molecule has 0 aliphatic heterocycles. The zero-order valence-electron chi connectivity index (χ0n) is 17.2. The Labute approximate surface area is 177 Å². The molecule has 0 bridgehead atoms. The smallest absolute Gasteiger partial charge is 0.254 e. The highest BCUT2D eigenvalue weighted by Gasteiger charge is 2.27. The van der Waals surface area contributed by atoms with Crippen molar-refractivity contribution in [1.82, 2.24) is 5.32 Å². The van der Waals surface area contributed by atoms with E-state index in [1.807, 2.05) is 37.4 Å². The predicted molar refractivity (Wildman–Crippen MR) is 120 cm³/mol. The summed E-state index contributed by atoms with van der Waals surface area (Å²) in [6.45, 7) is 2.60. The number of thiophene rings is 1. The van der Waals surface area contributed by atoms with Gasteiger partial charge in [0.15, 0.2) is 0 Å². The van der Waals surface area contributed by atoms with Crippen molar-refractivity contribution in [3.8, 4) is 5.75 Å². The number of hydrogen-bond acceptors (Lipinski definition) is 4. The summed E-state index contributed by atoms with van der Waals surface area (Å²) in [6.07, 6.45) is 12.2. The van der Waals surface area contributed by atoms with Crippen LogP contribution in [0.25, 0.3) is 0 Å². The number of nitrogens with zero attached hydrogens (tertiary/aromatic N) is 1. The maximum atomic E-state index is 13.2. The summed E-state index contributed by atoms with van der Waals surface area (Å²) in [4.78, 5) is 19.4. The van der Waals surface area contributed by atoms with Crippen molar-refractivity contribution in [2.24, 2.45) is 4.99 Å². The zero-order chi connectivity index (χ0) is 20.1. The second-order valence-corrected chi connectivity index (χ2v) is 9.01. The fourth-order valence-corrected chi connectivity index (χ4v) is 5.61. The minimum Gasteiger partial charge on any atom is -0.493 e. The van der Waals surface area contributed by atoms with Gasteiger partial charge in [-0.3, -0.25) is 4.79 Å². The van der Waals surface area contributed by atoms with Crippen LogP contribution in [0.15, 0.2) is 29.3 Å². The summed E-state index contributed by atoms with van der Waals surface area (Å²) in [5.41, 5.74) is 3.00. The van der Waals surface area contributed by atoms with Gasteiger partial charge >= 0.3 is 0 Å². The third-order valence-corrected chi connectivity index (χ3v) is 7.06. The molecule has 0 atom stereocenters. The SMILES string of the molecule is CCOc1ccccc1/C=N\c1sc2c(c1C(=O)NC1CCCCC1)CCCC2. The number of ether oxygens (including phenoxy) is 1. The molecule has 1 saturated carbocycles. The number of para-hydroxylation sites is 1. The lowest BCUT2D eigenvalue weighted by Crippen LogP contribution is -2.36. The van der Waals surface area contributed by atoms with E-state index in [1.54, 1.807) is 11.3 Å². The van der Waals surface area contributed by atoms with Crippen LogP contribution in [0.3, 0.4) is 0 Å². The van der Waals surface area contributed by atoms with Crippen molar-refractivity contribution >= 4 is 28.5 Å². The Morgan fingerprint density at radius 2 is 1.97 bits per heavy atom. The van der Waals surface area contributed by atoms with E-state index in [0.29, 0.717) is 12.6 Å². The van der Waals surface area contributed by atoms with E-state index in [9.17, 15) is 4.79 Å². The van der Waals surface area contributed by atoms with Crippen molar-refractivity contribution in [3.05, 3.63) is 45.8 Å². The Kier molecular flexibility index (Phi) is 6.65. The third kappa shape index (κ3) is 4.72. The van der Waals surface area contributed by atoms with Gasteiger partial charge in [0.1, 0.15) is 10.8 Å². The molecule has 1 aromatic heterocycles. The van der Waals surface area contributed by atoms with Crippen LogP contribution in [0, 0.1) is 0 Å². The number of hydrogen-bond donors (Lipinski definition) is 1. The van der Waals surface area contributed by atoms with Gasteiger partial charge in [-0.2, -0.15) is 0 Å². The number of aliphatic imine (C=N–C) groups is 1. The average molecular weight is 411 g/mol. The topological polar surface area (TPSA) is 50.7 Å². The first-order valence-corrected chi connectivity index (χ1v) is 11.8. The molecule has 5 heteroatoms. The third-order valence-electron chi connectivity index (χ3n) is 5.86. The molecular formula is C24H30N2O2S. The summed E-state index contributed by atoms with van der Waals surface area (Å²) >= 11 is 1.69. The van der Waals surface area contributed by atoms with E-state index in [-0.39, 0.29) is 5.91 Å². The molecule has 1 amide bonds. The molecule has 29 heavy (non-hydrogen) atoms. The fourth-order valence-electron chi connectivity index (χ4n) is 4.38. The van der Waals surface area contributed by atoms with Crippen molar-refractivity contribution in [3.63, 3.8) is 0 Å². The van der Waals surface area contributed by atoms with Gasteiger partial charge in [-0.15, -0.1) is 11.3 Å². The number of nitrogens with one attached hydrogen (secondary N) is 1. The number of amides is 1. The summed E-state index contributed by atoms with van der Waals surface area (Å²) in [6, 6.07) is 8.23. The zero-order valence-corrected chi connectivity index (χ0v) is 18.0. The van der Waals surface area contributed by atoms with E-state index >= 15 is 0 Å². The lowest BCUT2D eigenvalue weighted by atomic mass is 9.93. The van der Waals surface area contributed by atoms with Gasteiger partial charge in [-0.25, -0.2) is 4.99 Å². The second kappa shape index (κ2) is 9.57. The molecule has 4 nitrogen and oxygen atoms in total. The first-order chi connectivity index (χ1) is 14.3. The molecule has 2 aliphatic rings. The Bertz CT molecular complexity index is 881. The molecule has 4 rings (SSSR count). The number of rotatable bonds is 6. The van der Waals surface area contributed by atoms with Gasteiger partial charge in [-0.1, -0.05) is 31.4 Å². The highest BCUT2D eigenvalue weighted by Crippen LogP contribution is 2.40. The Morgan fingerprint density at radius 1 is 1.17 bits per heavy atom. The molecule has 2 aliphatic carbocycles. The Balaban J connectivity index is 1.63. The maximum absolute atomic E-state index is 13.2. The van der Waals surface area contributed by atoms with Crippen molar-refractivity contribution in [2.45, 2.75) is 70.8 Å². The monoisotopic (exact) mass is 410 g/mol. The molecule has 0 saturated heterocycles. The summed E-state index contributed by atoms with van der Waals surface area (Å²) in [7, 11) is 0. The van der Waals surface area contributed by atoms with Crippen molar-refractivity contribution in [2.75, 3.05) is 6.61 Å². The first kappa shape index (κ1) is 20.1. The summed E-state index contributed by atoms with van der Waals surface area (Å²) < 4.78 is 5.72. The van der Waals surface area contributed by atoms with Crippen molar-refractivity contribution < 1.29 is 9.53 Å². The first-order valence-electron chi connectivity index (χ1n) is 11.0. The number of fused-ring (bicyclic) bond motifs is 1. The molecule has 1 fully saturated rings. The standard InChI is InChI=1S/C24H30N2O2S/c1-2-28-20-14-8-6-10-17(20)16-25-24-22(19-13-7-9-15-21(19)29-24)23(27)26-18-11-4-3-5-12-18/h6,8,10,14,16,18H,2-5,7,9,11-13,15H2,1H3,(H,26,27)/b25-16-. The fraction of sp³-hybridized carbons (Fsp3) is 0.500. The minimum atomic E-state index is 0.0709. The predicted octanol–water partition coefficient (Wildman–Crippen LogP) is 5.84. The lowest BCUT2D eigenvalue weighted by molar-refractivity contribution is 0.0927. The number of aryl methyl sites for hydroxylation is 1. The van der Waals surface area contributed by atoms with Crippen LogP contribution in [0.5, 0.6) is 5.75 Å². The molecule has 0 spiro atoms. The second-order valence-electron chi connectivity index (χ2n) is 7.93. The van der Waals surface area contributed by atoms with Crippen LogP contribution in [0.4, 0.5) is 5.00 Å². The van der Waals surface area contributed by atoms with Gasteiger partial charge in [-0.05, 0) is 63.1 Å². The van der Waals surface area contributed by atoms with E-state index in [4.69, 9.17) is 9.73 Å². The molecule has 1 N–H and O–H groups in total. The molecule has 0 radical (unpaired) electrons. The molecule has 2 aromatic rings. The molecule has 0 unspecified atom stereocenters. The molecule has 1 heterocycles. The molecule has 154 valence electrons. The minimum absolute atomic E-state index is 0.0709. The lowest BCUT2D eigenvalue weighted by Gasteiger charge is -2.23. The van der Waals surface area contributed by atoms with E-state index in [2.05, 4.69) is 5.32 Å². The number of carbonyl (C=O) groups excluding carboxylic acids is 1. The van der Waals surface area contributed by atoms with Gasteiger partial charge in [0.25, 0.3) is 5.91 Å². The summed E-state index contributed by atoms with van der Waals surface area (Å²) in [5.74, 6) is 0.898. The van der Waals surface area contributed by atoms with Gasteiger partial charge in [0.05, 0.1) is 12.2 Å². The van der Waals surface area contributed by atoms with Gasteiger partial charge in [0.2, 0.25) is 0 Å². The van der Waals surface area contributed by atoms with Gasteiger partial charge < -0.3 is 10.1 Å². The van der Waals surface area contributed by atoms with E-state index < -0.39 is 0 Å². The van der Waals surface area contributed by atoms with Crippen molar-refractivity contribution in [1.29, 1.82) is 0 Å². The Hall–Kier alpha value is -2.14. The van der Waals surface area contributed by atoms with Crippen LogP contribution in [0.1, 0.15) is 78.2 Å². The highest BCUT2D eigenvalue weighted by molar-refractivity contribution is 7.16. The number of carbonyl (C=O) groups is 1. The number of benzene rings is 1. The van der Waals surface area contributed by atoms with E-state index in [0.717, 1.165) is 54.0 Å². The van der Waals surface area contributed by atoms with E-state index in [1.165, 1.54) is 36.1 Å². The molecular weight excluding hydrogens is 380 g/mol. The largest absolute Gasteiger partial charge is 0.493 e. The normalized spacial score (nSPS) is 17.3. The van der Waals surface area contributed by atoms with Crippen LogP contribution >= 0.6 is 11.3 Å². The maximum Gasteiger partial charge on any atom is 0.254 e. The average Bonchev–Trinajstić information content (AvgIpc) is 3.12. The van der Waals surface area contributed by atoms with Crippen LogP contribution < -0.4 is 10.1 Å².